The van der Waals surface area contributed by atoms with Crippen molar-refractivity contribution in [3.63, 3.8) is 0 Å². The summed E-state index contributed by atoms with van der Waals surface area (Å²) in [6, 6.07) is 6.63. The molecule has 0 saturated heterocycles. The third kappa shape index (κ3) is 3.65. The van der Waals surface area contributed by atoms with Crippen LogP contribution < -0.4 is 10.1 Å². The molecule has 0 unspecified atom stereocenters. The zero-order valence-corrected chi connectivity index (χ0v) is 12.1. The summed E-state index contributed by atoms with van der Waals surface area (Å²) in [6.45, 7) is 3.71. The molecule has 1 N–H and O–H groups in total. The van der Waals surface area contributed by atoms with Gasteiger partial charge < -0.3 is 10.1 Å². The average molecular weight is 288 g/mol. The van der Waals surface area contributed by atoms with Crippen molar-refractivity contribution in [2.24, 2.45) is 0 Å². The van der Waals surface area contributed by atoms with E-state index in [9.17, 15) is 10.1 Å². The number of nitrogens with zero attached hydrogens (tertiary/aromatic N) is 3. The summed E-state index contributed by atoms with van der Waals surface area (Å²) in [5.74, 6) is 1.36. The SMILES string of the molecule is CNc1cc(C)nc(COc2ccc(C)cc2[N+](=O)[O-])n1. The van der Waals surface area contributed by atoms with Gasteiger partial charge in [0.2, 0.25) is 0 Å². The fourth-order valence-corrected chi connectivity index (χ4v) is 1.86. The first-order chi connectivity index (χ1) is 9.99. The minimum atomic E-state index is -0.460. The highest BCUT2D eigenvalue weighted by molar-refractivity contribution is 5.48. The van der Waals surface area contributed by atoms with Crippen molar-refractivity contribution in [1.82, 2.24) is 9.97 Å². The Balaban J connectivity index is 2.20. The lowest BCUT2D eigenvalue weighted by Gasteiger charge is -2.08. The summed E-state index contributed by atoms with van der Waals surface area (Å²) in [5.41, 5.74) is 1.54. The number of benzene rings is 1. The first-order valence-electron chi connectivity index (χ1n) is 6.39. The Kier molecular flexibility index (Phi) is 4.32. The van der Waals surface area contributed by atoms with Crippen molar-refractivity contribution in [2.75, 3.05) is 12.4 Å². The van der Waals surface area contributed by atoms with Crippen LogP contribution in [0.3, 0.4) is 0 Å². The molecule has 7 heteroatoms. The van der Waals surface area contributed by atoms with Crippen LogP contribution in [0.4, 0.5) is 11.5 Å². The maximum absolute atomic E-state index is 11.0. The lowest BCUT2D eigenvalue weighted by atomic mass is 10.2. The molecule has 2 rings (SSSR count). The van der Waals surface area contributed by atoms with Crippen LogP contribution in [0.15, 0.2) is 24.3 Å². The van der Waals surface area contributed by atoms with Crippen molar-refractivity contribution < 1.29 is 9.66 Å². The second-order valence-corrected chi connectivity index (χ2v) is 4.58. The van der Waals surface area contributed by atoms with Gasteiger partial charge in [-0.2, -0.15) is 0 Å². The lowest BCUT2D eigenvalue weighted by Crippen LogP contribution is -2.06. The van der Waals surface area contributed by atoms with Crippen LogP contribution in [0.25, 0.3) is 0 Å². The number of nitro benzene ring substituents is 1. The smallest absolute Gasteiger partial charge is 0.311 e. The molecule has 2 aromatic rings. The van der Waals surface area contributed by atoms with E-state index in [0.29, 0.717) is 11.6 Å². The van der Waals surface area contributed by atoms with Gasteiger partial charge in [-0.1, -0.05) is 6.07 Å². The number of rotatable bonds is 5. The molecule has 0 atom stereocenters. The summed E-state index contributed by atoms with van der Waals surface area (Å²) in [5, 5.41) is 14.0. The van der Waals surface area contributed by atoms with E-state index in [-0.39, 0.29) is 18.0 Å². The Bertz CT molecular complexity index is 673. The number of nitrogens with one attached hydrogen (secondary N) is 1. The number of ether oxygens (including phenoxy) is 1. The van der Waals surface area contributed by atoms with E-state index in [0.717, 1.165) is 11.3 Å². The Labute approximate surface area is 122 Å². The molecule has 1 heterocycles. The molecule has 0 bridgehead atoms. The fraction of sp³-hybridized carbons (Fsp3) is 0.286. The molecule has 0 radical (unpaired) electrons. The van der Waals surface area contributed by atoms with Crippen LogP contribution in [0.5, 0.6) is 5.75 Å². The van der Waals surface area contributed by atoms with Crippen LogP contribution in [-0.4, -0.2) is 21.9 Å². The van der Waals surface area contributed by atoms with Gasteiger partial charge in [-0.05, 0) is 25.5 Å². The van der Waals surface area contributed by atoms with Gasteiger partial charge in [0.25, 0.3) is 0 Å². The molecular weight excluding hydrogens is 272 g/mol. The number of hydrogen-bond acceptors (Lipinski definition) is 6. The van der Waals surface area contributed by atoms with Crippen molar-refractivity contribution in [3.8, 4) is 5.75 Å². The molecule has 110 valence electrons. The molecule has 0 aliphatic carbocycles. The maximum atomic E-state index is 11.0. The van der Waals surface area contributed by atoms with Crippen LogP contribution in [0, 0.1) is 24.0 Å². The minimum Gasteiger partial charge on any atom is -0.479 e. The van der Waals surface area contributed by atoms with Gasteiger partial charge in [0.15, 0.2) is 11.6 Å². The number of nitro groups is 1. The van der Waals surface area contributed by atoms with E-state index < -0.39 is 4.92 Å². The average Bonchev–Trinajstić information content (AvgIpc) is 2.45. The summed E-state index contributed by atoms with van der Waals surface area (Å²) < 4.78 is 5.50. The molecule has 21 heavy (non-hydrogen) atoms. The first-order valence-corrected chi connectivity index (χ1v) is 6.39. The lowest BCUT2D eigenvalue weighted by molar-refractivity contribution is -0.386. The van der Waals surface area contributed by atoms with Crippen molar-refractivity contribution in [2.45, 2.75) is 20.5 Å². The molecule has 0 amide bonds. The van der Waals surface area contributed by atoms with Gasteiger partial charge in [0.1, 0.15) is 12.4 Å². The molecule has 0 saturated carbocycles. The van der Waals surface area contributed by atoms with E-state index in [4.69, 9.17) is 4.74 Å². The molecule has 0 aliphatic rings. The first kappa shape index (κ1) is 14.7. The van der Waals surface area contributed by atoms with Crippen LogP contribution in [0.2, 0.25) is 0 Å². The van der Waals surface area contributed by atoms with E-state index in [1.807, 2.05) is 6.92 Å². The van der Waals surface area contributed by atoms with Crippen molar-refractivity contribution >= 4 is 11.5 Å². The predicted molar refractivity (Wildman–Crippen MR) is 78.5 cm³/mol. The van der Waals surface area contributed by atoms with Gasteiger partial charge in [0, 0.05) is 24.9 Å². The molecule has 1 aromatic heterocycles. The maximum Gasteiger partial charge on any atom is 0.311 e. The number of hydrogen-bond donors (Lipinski definition) is 1. The van der Waals surface area contributed by atoms with Gasteiger partial charge >= 0.3 is 5.69 Å². The standard InChI is InChI=1S/C14H16N4O3/c1-9-4-5-12(11(6-9)18(19)20)21-8-14-16-10(2)7-13(15-3)17-14/h4-7H,8H2,1-3H3,(H,15,16,17). The Morgan fingerprint density at radius 2 is 2.05 bits per heavy atom. The summed E-state index contributed by atoms with van der Waals surface area (Å²) >= 11 is 0. The highest BCUT2D eigenvalue weighted by Gasteiger charge is 2.15. The second kappa shape index (κ2) is 6.17. The largest absolute Gasteiger partial charge is 0.479 e. The van der Waals surface area contributed by atoms with Gasteiger partial charge in [0.05, 0.1) is 4.92 Å². The monoisotopic (exact) mass is 288 g/mol. The van der Waals surface area contributed by atoms with Crippen molar-refractivity contribution in [1.29, 1.82) is 0 Å². The topological polar surface area (TPSA) is 90.2 Å². The molecular formula is C14H16N4O3. The summed E-state index contributed by atoms with van der Waals surface area (Å²) in [7, 11) is 1.76. The minimum absolute atomic E-state index is 0.0588. The van der Waals surface area contributed by atoms with Crippen LogP contribution in [-0.2, 0) is 6.61 Å². The Morgan fingerprint density at radius 1 is 1.29 bits per heavy atom. The Morgan fingerprint density at radius 3 is 2.71 bits per heavy atom. The summed E-state index contributed by atoms with van der Waals surface area (Å²) in [4.78, 5) is 19.0. The number of aryl methyl sites for hydroxylation is 2. The molecule has 0 spiro atoms. The molecule has 7 nitrogen and oxygen atoms in total. The zero-order valence-electron chi connectivity index (χ0n) is 12.1. The quantitative estimate of drug-likeness (QED) is 0.672. The van der Waals surface area contributed by atoms with E-state index in [1.165, 1.54) is 6.07 Å². The van der Waals surface area contributed by atoms with Gasteiger partial charge in [-0.3, -0.25) is 10.1 Å². The fourth-order valence-electron chi connectivity index (χ4n) is 1.86. The van der Waals surface area contributed by atoms with E-state index in [1.54, 1.807) is 32.2 Å². The van der Waals surface area contributed by atoms with E-state index in [2.05, 4.69) is 15.3 Å². The normalized spacial score (nSPS) is 10.2. The zero-order chi connectivity index (χ0) is 15.4. The summed E-state index contributed by atoms with van der Waals surface area (Å²) in [6.07, 6.45) is 0. The van der Waals surface area contributed by atoms with Gasteiger partial charge in [-0.25, -0.2) is 9.97 Å². The Hall–Kier alpha value is -2.70. The van der Waals surface area contributed by atoms with E-state index >= 15 is 0 Å². The molecule has 0 fully saturated rings. The second-order valence-electron chi connectivity index (χ2n) is 4.58. The third-order valence-electron chi connectivity index (χ3n) is 2.82. The van der Waals surface area contributed by atoms with Crippen LogP contribution >= 0.6 is 0 Å². The highest BCUT2D eigenvalue weighted by Crippen LogP contribution is 2.28. The van der Waals surface area contributed by atoms with Crippen molar-refractivity contribution in [3.05, 3.63) is 51.5 Å². The predicted octanol–water partition coefficient (Wildman–Crippen LogP) is 2.62. The molecule has 0 aliphatic heterocycles. The molecule has 1 aromatic carbocycles. The van der Waals surface area contributed by atoms with Gasteiger partial charge in [-0.15, -0.1) is 0 Å². The highest BCUT2D eigenvalue weighted by atomic mass is 16.6. The number of aromatic nitrogens is 2. The number of anilines is 1. The van der Waals surface area contributed by atoms with Crippen LogP contribution in [0.1, 0.15) is 17.1 Å². The third-order valence-corrected chi connectivity index (χ3v) is 2.82.